The number of benzene rings is 2. The average molecular weight is 376 g/mol. The summed E-state index contributed by atoms with van der Waals surface area (Å²) in [5.41, 5.74) is 4.63. The van der Waals surface area contributed by atoms with Crippen LogP contribution in [0, 0.1) is 0 Å². The number of hydrogen-bond donors (Lipinski definition) is 1. The van der Waals surface area contributed by atoms with Crippen molar-refractivity contribution in [3.63, 3.8) is 0 Å². The summed E-state index contributed by atoms with van der Waals surface area (Å²) in [6.07, 6.45) is 2.17. The Hall–Kier alpha value is -1.78. The zero-order valence-electron chi connectivity index (χ0n) is 11.8. The molecule has 0 aliphatic heterocycles. The molecule has 2 aromatic carbocycles. The molecule has 110 valence electrons. The van der Waals surface area contributed by atoms with Gasteiger partial charge in [0.25, 0.3) is 0 Å². The van der Waals surface area contributed by atoms with E-state index in [2.05, 4.69) is 78.5 Å². The number of alkyl halides is 1. The van der Waals surface area contributed by atoms with E-state index in [0.717, 1.165) is 28.0 Å². The lowest BCUT2D eigenvalue weighted by Gasteiger charge is -2.02. The fraction of sp³-hybridized carbons (Fsp3) is 0.118. The zero-order chi connectivity index (χ0) is 15.1. The van der Waals surface area contributed by atoms with Crippen LogP contribution in [0.25, 0.3) is 28.1 Å². The number of aryl methyl sites for hydroxylation is 1. The molecule has 0 radical (unpaired) electrons. The van der Waals surface area contributed by atoms with Crippen molar-refractivity contribution in [1.29, 1.82) is 0 Å². The second-order valence-electron chi connectivity index (χ2n) is 5.20. The Bertz CT molecular complexity index is 953. The lowest BCUT2D eigenvalue weighted by Crippen LogP contribution is -2.17. The molecule has 0 bridgehead atoms. The van der Waals surface area contributed by atoms with E-state index in [4.69, 9.17) is 11.6 Å². The minimum Gasteiger partial charge on any atom is -0.241 e. The van der Waals surface area contributed by atoms with Crippen LogP contribution in [0.4, 0.5) is 0 Å². The van der Waals surface area contributed by atoms with Crippen molar-refractivity contribution in [2.45, 2.75) is 6.54 Å². The normalized spacial score (nSPS) is 11.5. The number of hydrogen-bond acceptors (Lipinski definition) is 0. The Kier molecular flexibility index (Phi) is 3.43. The highest BCUT2D eigenvalue weighted by atomic mass is 79.9. The van der Waals surface area contributed by atoms with Crippen molar-refractivity contribution in [2.75, 3.05) is 5.88 Å². The number of aromatic amines is 1. The molecular formula is C17H14BrClN3+. The fourth-order valence-corrected chi connectivity index (χ4v) is 3.31. The lowest BCUT2D eigenvalue weighted by atomic mass is 10.2. The van der Waals surface area contributed by atoms with Crippen LogP contribution in [0.15, 0.2) is 59.2 Å². The van der Waals surface area contributed by atoms with Gasteiger partial charge in [0.1, 0.15) is 22.9 Å². The number of para-hydroxylation sites is 2. The van der Waals surface area contributed by atoms with Gasteiger partial charge in [-0.1, -0.05) is 40.2 Å². The number of nitrogens with one attached hydrogen (secondary N) is 1. The molecule has 0 unspecified atom stereocenters. The van der Waals surface area contributed by atoms with E-state index >= 15 is 0 Å². The molecule has 0 aliphatic carbocycles. The average Bonchev–Trinajstić information content (AvgIpc) is 3.06. The van der Waals surface area contributed by atoms with Gasteiger partial charge in [-0.05, 0) is 24.3 Å². The SMILES string of the molecule is ClCCn1c(-c2ccc(Br)cc2)c[n+]2c3ccccc3[nH]c12. The van der Waals surface area contributed by atoms with E-state index in [-0.39, 0.29) is 0 Å². The predicted molar refractivity (Wildman–Crippen MR) is 93.3 cm³/mol. The van der Waals surface area contributed by atoms with Crippen LogP contribution in [0.3, 0.4) is 0 Å². The van der Waals surface area contributed by atoms with Gasteiger partial charge in [-0.3, -0.25) is 0 Å². The summed E-state index contributed by atoms with van der Waals surface area (Å²) in [5.74, 6) is 1.63. The van der Waals surface area contributed by atoms with E-state index in [1.165, 1.54) is 11.1 Å². The van der Waals surface area contributed by atoms with Crippen LogP contribution in [-0.2, 0) is 6.54 Å². The Labute approximate surface area is 141 Å². The van der Waals surface area contributed by atoms with Gasteiger partial charge in [-0.15, -0.1) is 11.6 Å². The Balaban J connectivity index is 2.01. The van der Waals surface area contributed by atoms with Crippen LogP contribution in [-0.4, -0.2) is 15.4 Å². The van der Waals surface area contributed by atoms with Crippen molar-refractivity contribution in [2.24, 2.45) is 0 Å². The van der Waals surface area contributed by atoms with Crippen LogP contribution < -0.4 is 4.40 Å². The second-order valence-corrected chi connectivity index (χ2v) is 6.49. The summed E-state index contributed by atoms with van der Waals surface area (Å²) >= 11 is 9.51. The molecule has 2 aromatic heterocycles. The van der Waals surface area contributed by atoms with Gasteiger partial charge in [-0.2, -0.15) is 4.40 Å². The Morgan fingerprint density at radius 1 is 1.09 bits per heavy atom. The van der Waals surface area contributed by atoms with Gasteiger partial charge in [0, 0.05) is 10.0 Å². The van der Waals surface area contributed by atoms with Gasteiger partial charge in [0.15, 0.2) is 0 Å². The summed E-state index contributed by atoms with van der Waals surface area (Å²) in [7, 11) is 0. The van der Waals surface area contributed by atoms with Gasteiger partial charge in [0.2, 0.25) is 0 Å². The molecule has 0 atom stereocenters. The molecule has 0 aliphatic rings. The number of fused-ring (bicyclic) bond motifs is 3. The largest absolute Gasteiger partial charge is 0.368 e. The summed E-state index contributed by atoms with van der Waals surface area (Å²) in [6.45, 7) is 0.760. The molecule has 5 heteroatoms. The maximum Gasteiger partial charge on any atom is 0.368 e. The van der Waals surface area contributed by atoms with Crippen LogP contribution in [0.5, 0.6) is 0 Å². The lowest BCUT2D eigenvalue weighted by molar-refractivity contribution is -0.479. The first-order valence-corrected chi connectivity index (χ1v) is 8.44. The first kappa shape index (κ1) is 13.9. The van der Waals surface area contributed by atoms with Crippen molar-refractivity contribution >= 4 is 44.3 Å². The molecule has 0 amide bonds. The molecule has 0 spiro atoms. The number of imidazole rings is 2. The summed E-state index contributed by atoms with van der Waals surface area (Å²) in [4.78, 5) is 3.49. The maximum atomic E-state index is 6.03. The number of aromatic nitrogens is 3. The number of rotatable bonds is 3. The van der Waals surface area contributed by atoms with Crippen molar-refractivity contribution in [3.8, 4) is 11.3 Å². The van der Waals surface area contributed by atoms with Gasteiger partial charge >= 0.3 is 5.78 Å². The number of H-pyrrole nitrogens is 1. The molecule has 1 N–H and O–H groups in total. The van der Waals surface area contributed by atoms with E-state index in [0.29, 0.717) is 5.88 Å². The summed E-state index contributed by atoms with van der Waals surface area (Å²) < 4.78 is 5.51. The maximum absolute atomic E-state index is 6.03. The first-order chi connectivity index (χ1) is 10.8. The number of halogens is 2. The van der Waals surface area contributed by atoms with Gasteiger partial charge in [-0.25, -0.2) is 9.55 Å². The molecule has 22 heavy (non-hydrogen) atoms. The van der Waals surface area contributed by atoms with Crippen molar-refractivity contribution in [3.05, 3.63) is 59.2 Å². The van der Waals surface area contributed by atoms with Crippen LogP contribution in [0.1, 0.15) is 0 Å². The monoisotopic (exact) mass is 374 g/mol. The van der Waals surface area contributed by atoms with Crippen LogP contribution in [0.2, 0.25) is 0 Å². The molecule has 0 saturated heterocycles. The molecule has 3 nitrogen and oxygen atoms in total. The molecule has 4 aromatic rings. The Morgan fingerprint density at radius 3 is 2.64 bits per heavy atom. The minimum absolute atomic E-state index is 0.573. The smallest absolute Gasteiger partial charge is 0.241 e. The molecule has 4 rings (SSSR count). The molecular weight excluding hydrogens is 362 g/mol. The quantitative estimate of drug-likeness (QED) is 0.406. The summed E-state index contributed by atoms with van der Waals surface area (Å²) in [6, 6.07) is 16.7. The third kappa shape index (κ3) is 2.14. The van der Waals surface area contributed by atoms with E-state index < -0.39 is 0 Å². The minimum atomic E-state index is 0.573. The van der Waals surface area contributed by atoms with E-state index in [9.17, 15) is 0 Å². The highest BCUT2D eigenvalue weighted by molar-refractivity contribution is 9.10. The highest BCUT2D eigenvalue weighted by Gasteiger charge is 2.21. The Morgan fingerprint density at radius 2 is 1.86 bits per heavy atom. The molecule has 2 heterocycles. The second kappa shape index (κ2) is 5.45. The first-order valence-electron chi connectivity index (χ1n) is 7.11. The van der Waals surface area contributed by atoms with E-state index in [1.807, 2.05) is 6.07 Å². The van der Waals surface area contributed by atoms with Gasteiger partial charge < -0.3 is 0 Å². The third-order valence-electron chi connectivity index (χ3n) is 3.88. The van der Waals surface area contributed by atoms with Crippen molar-refractivity contribution in [1.82, 2.24) is 9.55 Å². The summed E-state index contributed by atoms with van der Waals surface area (Å²) in [5, 5.41) is 0. The van der Waals surface area contributed by atoms with Crippen LogP contribution >= 0.6 is 27.5 Å². The highest BCUT2D eigenvalue weighted by Crippen LogP contribution is 2.24. The fourth-order valence-electron chi connectivity index (χ4n) is 2.88. The molecule has 0 fully saturated rings. The van der Waals surface area contributed by atoms with Gasteiger partial charge in [0.05, 0.1) is 12.4 Å². The van der Waals surface area contributed by atoms with E-state index in [1.54, 1.807) is 0 Å². The third-order valence-corrected chi connectivity index (χ3v) is 4.58. The topological polar surface area (TPSA) is 24.8 Å². The zero-order valence-corrected chi connectivity index (χ0v) is 14.1. The standard InChI is InChI=1S/C17H13BrClN3/c18-13-7-5-12(6-8-13)16-11-22-15-4-2-1-3-14(15)20-17(22)21(16)10-9-19/h1-8,11H,9-10H2/p+1. The molecule has 0 saturated carbocycles. The van der Waals surface area contributed by atoms with Crippen molar-refractivity contribution < 1.29 is 4.40 Å². The predicted octanol–water partition coefficient (Wildman–Crippen LogP) is 4.38. The number of nitrogens with zero attached hydrogens (tertiary/aromatic N) is 2.